The van der Waals surface area contributed by atoms with E-state index in [1.807, 2.05) is 0 Å². The molecule has 0 aliphatic carbocycles. The summed E-state index contributed by atoms with van der Waals surface area (Å²) in [5, 5.41) is 2.77. The number of halogens is 1. The largest absolute Gasteiger partial charge is 0.387 e. The Hall–Kier alpha value is -2.15. The third-order valence-electron chi connectivity index (χ3n) is 2.42. The number of sulfonamides is 1. The Bertz CT molecular complexity index is 689. The Morgan fingerprint density at radius 3 is 2.74 bits per heavy atom. The second-order valence-electron chi connectivity index (χ2n) is 3.74. The average molecular weight is 281 g/mol. The standard InChI is InChI=1S/C12H12FN3O2S/c1-14-11-5-6-15-8-12(11)19(17,18)16-10-4-2-3-9(13)7-10/h2-8,16H,1H3,(H,14,15). The highest BCUT2D eigenvalue weighted by Crippen LogP contribution is 2.22. The van der Waals surface area contributed by atoms with E-state index in [-0.39, 0.29) is 10.6 Å². The number of pyridine rings is 1. The van der Waals surface area contributed by atoms with Crippen LogP contribution in [0, 0.1) is 5.82 Å². The SMILES string of the molecule is CNc1ccncc1S(=O)(=O)Nc1cccc(F)c1. The minimum atomic E-state index is -3.81. The molecule has 19 heavy (non-hydrogen) atoms. The van der Waals surface area contributed by atoms with Crippen LogP contribution >= 0.6 is 0 Å². The van der Waals surface area contributed by atoms with Crippen molar-refractivity contribution in [3.8, 4) is 0 Å². The van der Waals surface area contributed by atoms with Crippen molar-refractivity contribution in [3.05, 3.63) is 48.5 Å². The van der Waals surface area contributed by atoms with Gasteiger partial charge in [0, 0.05) is 19.4 Å². The first kappa shape index (κ1) is 13.3. The summed E-state index contributed by atoms with van der Waals surface area (Å²) >= 11 is 0. The molecule has 2 rings (SSSR count). The highest BCUT2D eigenvalue weighted by Gasteiger charge is 2.18. The lowest BCUT2D eigenvalue weighted by atomic mass is 10.3. The van der Waals surface area contributed by atoms with Crippen LogP contribution in [0.1, 0.15) is 0 Å². The zero-order chi connectivity index (χ0) is 13.9. The third kappa shape index (κ3) is 3.00. The number of hydrogen-bond acceptors (Lipinski definition) is 4. The molecule has 0 saturated carbocycles. The predicted molar refractivity (Wildman–Crippen MR) is 71.0 cm³/mol. The monoisotopic (exact) mass is 281 g/mol. The average Bonchev–Trinajstić information content (AvgIpc) is 2.38. The normalized spacial score (nSPS) is 11.1. The van der Waals surface area contributed by atoms with Gasteiger partial charge in [0.1, 0.15) is 10.7 Å². The van der Waals surface area contributed by atoms with Gasteiger partial charge >= 0.3 is 0 Å². The van der Waals surface area contributed by atoms with Crippen molar-refractivity contribution >= 4 is 21.4 Å². The van der Waals surface area contributed by atoms with Crippen molar-refractivity contribution in [1.29, 1.82) is 0 Å². The molecule has 5 nitrogen and oxygen atoms in total. The number of aromatic nitrogens is 1. The van der Waals surface area contributed by atoms with Crippen LogP contribution in [0.2, 0.25) is 0 Å². The highest BCUT2D eigenvalue weighted by molar-refractivity contribution is 7.92. The van der Waals surface area contributed by atoms with Gasteiger partial charge in [0.2, 0.25) is 0 Å². The summed E-state index contributed by atoms with van der Waals surface area (Å²) in [5.41, 5.74) is 0.574. The Balaban J connectivity index is 2.38. The predicted octanol–water partition coefficient (Wildman–Crippen LogP) is 2.06. The molecule has 0 aliphatic rings. The van der Waals surface area contributed by atoms with Crippen molar-refractivity contribution in [3.63, 3.8) is 0 Å². The summed E-state index contributed by atoms with van der Waals surface area (Å²) in [6.07, 6.45) is 2.71. The van der Waals surface area contributed by atoms with E-state index in [0.29, 0.717) is 5.69 Å². The Morgan fingerprint density at radius 2 is 2.05 bits per heavy atom. The molecule has 0 fully saturated rings. The van der Waals surface area contributed by atoms with E-state index in [4.69, 9.17) is 0 Å². The molecule has 100 valence electrons. The molecular weight excluding hydrogens is 269 g/mol. The molecule has 0 radical (unpaired) electrons. The molecule has 1 aromatic carbocycles. The van der Waals surface area contributed by atoms with Crippen molar-refractivity contribution < 1.29 is 12.8 Å². The van der Waals surface area contributed by atoms with Gasteiger partial charge < -0.3 is 5.32 Å². The molecule has 2 N–H and O–H groups in total. The first-order valence-corrected chi connectivity index (χ1v) is 6.91. The molecule has 0 aliphatic heterocycles. The number of rotatable bonds is 4. The lowest BCUT2D eigenvalue weighted by Crippen LogP contribution is -2.15. The molecule has 1 heterocycles. The molecule has 2 aromatic rings. The number of benzene rings is 1. The maximum Gasteiger partial charge on any atom is 0.265 e. The zero-order valence-electron chi connectivity index (χ0n) is 10.1. The van der Waals surface area contributed by atoms with Crippen LogP contribution in [0.4, 0.5) is 15.8 Å². The maximum absolute atomic E-state index is 13.0. The number of nitrogens with one attached hydrogen (secondary N) is 2. The van der Waals surface area contributed by atoms with Gasteiger partial charge in [-0.25, -0.2) is 12.8 Å². The van der Waals surface area contributed by atoms with Crippen LogP contribution in [0.25, 0.3) is 0 Å². The molecule has 0 bridgehead atoms. The number of hydrogen-bond donors (Lipinski definition) is 2. The smallest absolute Gasteiger partial charge is 0.265 e. The molecule has 0 atom stereocenters. The van der Waals surface area contributed by atoms with Crippen LogP contribution in [-0.2, 0) is 10.0 Å². The van der Waals surface area contributed by atoms with Crippen LogP contribution in [0.5, 0.6) is 0 Å². The van der Waals surface area contributed by atoms with Crippen molar-refractivity contribution in [1.82, 2.24) is 4.98 Å². The minimum absolute atomic E-state index is 0.00163. The summed E-state index contributed by atoms with van der Waals surface area (Å²) in [6.45, 7) is 0. The van der Waals surface area contributed by atoms with Crippen LogP contribution in [0.15, 0.2) is 47.6 Å². The fraction of sp³-hybridized carbons (Fsp3) is 0.0833. The van der Waals surface area contributed by atoms with Gasteiger partial charge in [-0.1, -0.05) is 6.07 Å². The second kappa shape index (κ2) is 5.23. The molecular formula is C12H12FN3O2S. The molecule has 7 heteroatoms. The summed E-state index contributed by atoms with van der Waals surface area (Å²) in [5.74, 6) is -0.514. The van der Waals surface area contributed by atoms with E-state index in [2.05, 4.69) is 15.0 Å². The zero-order valence-corrected chi connectivity index (χ0v) is 10.9. The van der Waals surface area contributed by atoms with Gasteiger partial charge in [0.15, 0.2) is 0 Å². The Morgan fingerprint density at radius 1 is 1.26 bits per heavy atom. The molecule has 0 saturated heterocycles. The van der Waals surface area contributed by atoms with Crippen molar-refractivity contribution in [2.24, 2.45) is 0 Å². The van der Waals surface area contributed by atoms with Crippen LogP contribution < -0.4 is 10.0 Å². The minimum Gasteiger partial charge on any atom is -0.387 e. The summed E-state index contributed by atoms with van der Waals surface area (Å²) in [6, 6.07) is 6.78. The summed E-state index contributed by atoms with van der Waals surface area (Å²) in [7, 11) is -2.21. The lowest BCUT2D eigenvalue weighted by molar-refractivity contribution is 0.601. The lowest BCUT2D eigenvalue weighted by Gasteiger charge is -2.11. The Kier molecular flexibility index (Phi) is 3.66. The third-order valence-corrected chi connectivity index (χ3v) is 3.83. The van der Waals surface area contributed by atoms with Crippen molar-refractivity contribution in [2.75, 3.05) is 17.1 Å². The van der Waals surface area contributed by atoms with E-state index < -0.39 is 15.8 Å². The Labute approximate surface area is 110 Å². The summed E-state index contributed by atoms with van der Waals surface area (Å²) < 4.78 is 39.7. The van der Waals surface area contributed by atoms with Gasteiger partial charge in [-0.05, 0) is 24.3 Å². The second-order valence-corrected chi connectivity index (χ2v) is 5.39. The fourth-order valence-electron chi connectivity index (χ4n) is 1.56. The van der Waals surface area contributed by atoms with Gasteiger partial charge in [0.05, 0.1) is 11.4 Å². The van der Waals surface area contributed by atoms with Gasteiger partial charge in [-0.2, -0.15) is 0 Å². The molecule has 0 amide bonds. The van der Waals surface area contributed by atoms with E-state index in [1.165, 1.54) is 30.6 Å². The van der Waals surface area contributed by atoms with Gasteiger partial charge in [-0.3, -0.25) is 9.71 Å². The van der Waals surface area contributed by atoms with E-state index in [0.717, 1.165) is 6.07 Å². The topological polar surface area (TPSA) is 71.1 Å². The molecule has 0 unspecified atom stereocenters. The van der Waals surface area contributed by atoms with E-state index in [1.54, 1.807) is 13.1 Å². The van der Waals surface area contributed by atoms with Crippen LogP contribution in [-0.4, -0.2) is 20.4 Å². The fourth-order valence-corrected chi connectivity index (χ4v) is 2.77. The van der Waals surface area contributed by atoms with E-state index >= 15 is 0 Å². The first-order chi connectivity index (χ1) is 9.03. The highest BCUT2D eigenvalue weighted by atomic mass is 32.2. The van der Waals surface area contributed by atoms with Crippen molar-refractivity contribution in [2.45, 2.75) is 4.90 Å². The van der Waals surface area contributed by atoms with Gasteiger partial charge in [0.25, 0.3) is 10.0 Å². The van der Waals surface area contributed by atoms with E-state index in [9.17, 15) is 12.8 Å². The first-order valence-electron chi connectivity index (χ1n) is 5.43. The number of nitrogens with zero attached hydrogens (tertiary/aromatic N) is 1. The van der Waals surface area contributed by atoms with Gasteiger partial charge in [-0.15, -0.1) is 0 Å². The maximum atomic E-state index is 13.0. The molecule has 1 aromatic heterocycles. The summed E-state index contributed by atoms with van der Waals surface area (Å²) in [4.78, 5) is 3.79. The quantitative estimate of drug-likeness (QED) is 0.900. The van der Waals surface area contributed by atoms with Crippen LogP contribution in [0.3, 0.4) is 0 Å². The number of anilines is 2. The molecule has 0 spiro atoms.